The van der Waals surface area contributed by atoms with Crippen LogP contribution in [0.3, 0.4) is 0 Å². The molecule has 1 saturated heterocycles. The van der Waals surface area contributed by atoms with Gasteiger partial charge in [-0.2, -0.15) is 0 Å². The summed E-state index contributed by atoms with van der Waals surface area (Å²) >= 11 is 0. The number of nitrogens with one attached hydrogen (secondary N) is 1. The summed E-state index contributed by atoms with van der Waals surface area (Å²) in [5.74, 6) is 0.314. The molecule has 5 nitrogen and oxygen atoms in total. The normalized spacial score (nSPS) is 17.2. The second-order valence-corrected chi connectivity index (χ2v) is 6.57. The van der Waals surface area contributed by atoms with Crippen LogP contribution < -0.4 is 5.32 Å². The van der Waals surface area contributed by atoms with E-state index in [4.69, 9.17) is 4.74 Å². The molecule has 128 valence electrons. The van der Waals surface area contributed by atoms with Gasteiger partial charge < -0.3 is 15.2 Å². The first-order valence-electron chi connectivity index (χ1n) is 8.39. The van der Waals surface area contributed by atoms with Crippen molar-refractivity contribution >= 4 is 5.91 Å². The van der Waals surface area contributed by atoms with Crippen molar-refractivity contribution in [1.29, 1.82) is 0 Å². The van der Waals surface area contributed by atoms with Crippen molar-refractivity contribution in [3.05, 3.63) is 35.4 Å². The molecule has 23 heavy (non-hydrogen) atoms. The van der Waals surface area contributed by atoms with Gasteiger partial charge in [-0.3, -0.25) is 9.69 Å². The molecule has 0 aromatic heterocycles. The molecule has 1 aliphatic heterocycles. The number of hydrogen-bond acceptors (Lipinski definition) is 4. The topological polar surface area (TPSA) is 61.8 Å². The zero-order valence-electron chi connectivity index (χ0n) is 14.1. The van der Waals surface area contributed by atoms with Crippen molar-refractivity contribution in [3.63, 3.8) is 0 Å². The van der Waals surface area contributed by atoms with Crippen LogP contribution in [0.5, 0.6) is 0 Å². The largest absolute Gasteiger partial charge is 0.394 e. The summed E-state index contributed by atoms with van der Waals surface area (Å²) in [6.45, 7) is 8.36. The van der Waals surface area contributed by atoms with Crippen LogP contribution in [0.4, 0.5) is 0 Å². The van der Waals surface area contributed by atoms with Gasteiger partial charge in [-0.05, 0) is 30.0 Å². The minimum Gasteiger partial charge on any atom is -0.394 e. The van der Waals surface area contributed by atoms with Crippen molar-refractivity contribution in [2.24, 2.45) is 5.92 Å². The first-order valence-corrected chi connectivity index (χ1v) is 8.39. The quantitative estimate of drug-likeness (QED) is 0.802. The molecule has 1 aliphatic rings. The minimum absolute atomic E-state index is 0.0304. The molecule has 1 atom stereocenters. The third-order valence-corrected chi connectivity index (χ3v) is 4.01. The summed E-state index contributed by atoms with van der Waals surface area (Å²) in [7, 11) is 0. The van der Waals surface area contributed by atoms with Gasteiger partial charge in [0.25, 0.3) is 5.91 Å². The smallest absolute Gasteiger partial charge is 0.251 e. The Bertz CT molecular complexity index is 499. The number of aliphatic hydroxyl groups is 1. The first-order chi connectivity index (χ1) is 11.1. The van der Waals surface area contributed by atoms with Crippen LogP contribution in [0.25, 0.3) is 0 Å². The maximum absolute atomic E-state index is 12.4. The lowest BCUT2D eigenvalue weighted by molar-refractivity contribution is 0.0342. The fourth-order valence-electron chi connectivity index (χ4n) is 2.85. The maximum atomic E-state index is 12.4. The Labute approximate surface area is 138 Å². The molecule has 0 spiro atoms. The summed E-state index contributed by atoms with van der Waals surface area (Å²) < 4.78 is 5.36. The van der Waals surface area contributed by atoms with Crippen LogP contribution >= 0.6 is 0 Å². The SMILES string of the molecule is CC(C)CC(CO)NC(=O)c1cccc(CN2CCOCC2)c1. The zero-order valence-corrected chi connectivity index (χ0v) is 14.1. The van der Waals surface area contributed by atoms with E-state index in [0.29, 0.717) is 11.5 Å². The molecule has 0 saturated carbocycles. The highest BCUT2D eigenvalue weighted by molar-refractivity contribution is 5.94. The number of ether oxygens (including phenoxy) is 1. The molecule has 5 heteroatoms. The highest BCUT2D eigenvalue weighted by Gasteiger charge is 2.15. The Morgan fingerprint density at radius 3 is 2.74 bits per heavy atom. The molecule has 1 aromatic carbocycles. The second kappa shape index (κ2) is 9.01. The monoisotopic (exact) mass is 320 g/mol. The van der Waals surface area contributed by atoms with Gasteiger partial charge in [-0.1, -0.05) is 26.0 Å². The van der Waals surface area contributed by atoms with Gasteiger partial charge >= 0.3 is 0 Å². The van der Waals surface area contributed by atoms with Gasteiger partial charge in [0.1, 0.15) is 0 Å². The van der Waals surface area contributed by atoms with Crippen molar-refractivity contribution < 1.29 is 14.6 Å². The van der Waals surface area contributed by atoms with Crippen LogP contribution in [-0.2, 0) is 11.3 Å². The van der Waals surface area contributed by atoms with Gasteiger partial charge in [0, 0.05) is 25.2 Å². The molecule has 1 heterocycles. The van der Waals surface area contributed by atoms with E-state index in [-0.39, 0.29) is 18.6 Å². The minimum atomic E-state index is -0.189. The summed E-state index contributed by atoms with van der Waals surface area (Å²) in [5, 5.41) is 12.3. The lowest BCUT2D eigenvalue weighted by atomic mass is 10.0. The highest BCUT2D eigenvalue weighted by atomic mass is 16.5. The number of carbonyl (C=O) groups excluding carboxylic acids is 1. The van der Waals surface area contributed by atoms with Crippen molar-refractivity contribution in [3.8, 4) is 0 Å². The summed E-state index contributed by atoms with van der Waals surface area (Å²) in [6, 6.07) is 7.53. The summed E-state index contributed by atoms with van der Waals surface area (Å²) in [6.07, 6.45) is 0.774. The van der Waals surface area contributed by atoms with E-state index in [1.54, 1.807) is 0 Å². The molecule has 0 aliphatic carbocycles. The number of hydrogen-bond donors (Lipinski definition) is 2. The number of carbonyl (C=O) groups is 1. The average Bonchev–Trinajstić information content (AvgIpc) is 2.55. The lowest BCUT2D eigenvalue weighted by Crippen LogP contribution is -2.38. The number of benzene rings is 1. The Hall–Kier alpha value is -1.43. The van der Waals surface area contributed by atoms with Gasteiger partial charge in [-0.15, -0.1) is 0 Å². The number of nitrogens with zero attached hydrogens (tertiary/aromatic N) is 1. The van der Waals surface area contributed by atoms with Gasteiger partial charge in [0.15, 0.2) is 0 Å². The standard InChI is InChI=1S/C18H28N2O3/c1-14(2)10-17(13-21)19-18(22)16-5-3-4-15(11-16)12-20-6-8-23-9-7-20/h3-5,11,14,17,21H,6-10,12-13H2,1-2H3,(H,19,22). The fraction of sp³-hybridized carbons (Fsp3) is 0.611. The number of morpholine rings is 1. The van der Waals surface area contributed by atoms with Crippen molar-refractivity contribution in [2.75, 3.05) is 32.9 Å². The number of rotatable bonds is 7. The third-order valence-electron chi connectivity index (χ3n) is 4.01. The second-order valence-electron chi connectivity index (χ2n) is 6.57. The summed E-state index contributed by atoms with van der Waals surface area (Å²) in [5.41, 5.74) is 1.78. The van der Waals surface area contributed by atoms with Gasteiger partial charge in [-0.25, -0.2) is 0 Å². The van der Waals surface area contributed by atoms with Crippen molar-refractivity contribution in [1.82, 2.24) is 10.2 Å². The lowest BCUT2D eigenvalue weighted by Gasteiger charge is -2.26. The van der Waals surface area contributed by atoms with Crippen LogP contribution in [-0.4, -0.2) is 54.9 Å². The number of amides is 1. The first kappa shape index (κ1) is 17.9. The fourth-order valence-corrected chi connectivity index (χ4v) is 2.85. The Morgan fingerprint density at radius 1 is 1.35 bits per heavy atom. The van der Waals surface area contributed by atoms with Crippen LogP contribution in [0.15, 0.2) is 24.3 Å². The van der Waals surface area contributed by atoms with E-state index < -0.39 is 0 Å². The molecule has 1 amide bonds. The molecular formula is C18H28N2O3. The summed E-state index contributed by atoms with van der Waals surface area (Å²) in [4.78, 5) is 14.7. The van der Waals surface area contributed by atoms with Crippen LogP contribution in [0.1, 0.15) is 36.2 Å². The van der Waals surface area contributed by atoms with E-state index in [9.17, 15) is 9.90 Å². The van der Waals surface area contributed by atoms with Crippen molar-refractivity contribution in [2.45, 2.75) is 32.9 Å². The molecule has 2 N–H and O–H groups in total. The Morgan fingerprint density at radius 2 is 2.09 bits per heavy atom. The van der Waals surface area contributed by atoms with E-state index in [0.717, 1.165) is 44.8 Å². The molecule has 0 radical (unpaired) electrons. The van der Waals surface area contributed by atoms with E-state index in [1.807, 2.05) is 24.3 Å². The molecule has 1 aromatic rings. The maximum Gasteiger partial charge on any atom is 0.251 e. The van der Waals surface area contributed by atoms with Gasteiger partial charge in [0.2, 0.25) is 0 Å². The highest BCUT2D eigenvalue weighted by Crippen LogP contribution is 2.11. The molecule has 1 fully saturated rings. The molecule has 0 bridgehead atoms. The van der Waals surface area contributed by atoms with E-state index >= 15 is 0 Å². The third kappa shape index (κ3) is 5.94. The predicted octanol–water partition coefficient (Wildman–Crippen LogP) is 1.66. The molecule has 2 rings (SSSR count). The predicted molar refractivity (Wildman–Crippen MR) is 90.3 cm³/mol. The average molecular weight is 320 g/mol. The Balaban J connectivity index is 1.96. The van der Waals surface area contributed by atoms with E-state index in [2.05, 4.69) is 24.1 Å². The van der Waals surface area contributed by atoms with Crippen LogP contribution in [0, 0.1) is 5.92 Å². The van der Waals surface area contributed by atoms with Crippen LogP contribution in [0.2, 0.25) is 0 Å². The Kier molecular flexibility index (Phi) is 7.02. The molecular weight excluding hydrogens is 292 g/mol. The molecule has 1 unspecified atom stereocenters. The number of aliphatic hydroxyl groups excluding tert-OH is 1. The van der Waals surface area contributed by atoms with Gasteiger partial charge in [0.05, 0.1) is 25.9 Å². The van der Waals surface area contributed by atoms with E-state index in [1.165, 1.54) is 0 Å². The zero-order chi connectivity index (χ0) is 16.7.